The van der Waals surface area contributed by atoms with Crippen LogP contribution in [0.5, 0.6) is 0 Å². The van der Waals surface area contributed by atoms with E-state index in [9.17, 15) is 13.2 Å². The van der Waals surface area contributed by atoms with Gasteiger partial charge in [0.25, 0.3) is 0 Å². The van der Waals surface area contributed by atoms with Gasteiger partial charge in [-0.25, -0.2) is 18.6 Å². The number of hydrogen-bond acceptors (Lipinski definition) is 4. The number of benzene rings is 1. The minimum atomic E-state index is -3.41. The summed E-state index contributed by atoms with van der Waals surface area (Å²) >= 11 is 0. The molecule has 0 saturated carbocycles. The number of hydroxylamine groups is 1. The van der Waals surface area contributed by atoms with Gasteiger partial charge in [0.2, 0.25) is 15.9 Å². The van der Waals surface area contributed by atoms with E-state index in [-0.39, 0.29) is 17.2 Å². The molecule has 1 aromatic rings. The number of hydrogen-bond donors (Lipinski definition) is 2. The fourth-order valence-electron chi connectivity index (χ4n) is 1.41. The maximum atomic E-state index is 11.5. The Kier molecular flexibility index (Phi) is 5.94. The summed E-state index contributed by atoms with van der Waals surface area (Å²) in [6, 6.07) is 6.42. The third kappa shape index (κ3) is 4.98. The Balaban J connectivity index is 2.56. The van der Waals surface area contributed by atoms with E-state index in [1.165, 1.54) is 19.2 Å². The molecule has 1 amide bonds. The molecule has 0 aliphatic carbocycles. The Morgan fingerprint density at radius 1 is 1.26 bits per heavy atom. The van der Waals surface area contributed by atoms with Crippen LogP contribution < -0.4 is 10.2 Å². The average molecular weight is 286 g/mol. The van der Waals surface area contributed by atoms with Crippen LogP contribution in [0, 0.1) is 0 Å². The van der Waals surface area contributed by atoms with Crippen LogP contribution in [0.4, 0.5) is 0 Å². The van der Waals surface area contributed by atoms with Crippen LogP contribution >= 0.6 is 0 Å². The second-order valence-corrected chi connectivity index (χ2v) is 5.70. The van der Waals surface area contributed by atoms with Gasteiger partial charge in [-0.3, -0.25) is 9.63 Å². The summed E-state index contributed by atoms with van der Waals surface area (Å²) in [6.07, 6.45) is 0.816. The average Bonchev–Trinajstić information content (AvgIpc) is 2.43. The van der Waals surface area contributed by atoms with Gasteiger partial charge < -0.3 is 0 Å². The van der Waals surface area contributed by atoms with Crippen molar-refractivity contribution in [3.63, 3.8) is 0 Å². The number of rotatable bonds is 7. The minimum absolute atomic E-state index is 0.200. The molecule has 0 spiro atoms. The molecule has 2 N–H and O–H groups in total. The molecule has 7 heteroatoms. The Morgan fingerprint density at radius 2 is 1.89 bits per heavy atom. The fourth-order valence-corrected chi connectivity index (χ4v) is 2.14. The van der Waals surface area contributed by atoms with Crippen molar-refractivity contribution in [2.75, 3.05) is 13.7 Å². The van der Waals surface area contributed by atoms with Crippen molar-refractivity contribution in [2.45, 2.75) is 24.7 Å². The summed E-state index contributed by atoms with van der Waals surface area (Å²) < 4.78 is 25.3. The van der Waals surface area contributed by atoms with Crippen LogP contribution in [-0.2, 0) is 26.1 Å². The highest BCUT2D eigenvalue weighted by Crippen LogP contribution is 2.11. The Bertz CT molecular complexity index is 511. The van der Waals surface area contributed by atoms with E-state index < -0.39 is 10.0 Å². The predicted octanol–water partition coefficient (Wildman–Crippen LogP) is 0.595. The first kappa shape index (κ1) is 15.6. The zero-order valence-electron chi connectivity index (χ0n) is 11.0. The fraction of sp³-hybridized carbons (Fsp3) is 0.417. The highest BCUT2D eigenvalue weighted by molar-refractivity contribution is 7.89. The molecule has 19 heavy (non-hydrogen) atoms. The van der Waals surface area contributed by atoms with E-state index in [2.05, 4.69) is 10.2 Å². The van der Waals surface area contributed by atoms with Crippen molar-refractivity contribution >= 4 is 15.9 Å². The summed E-state index contributed by atoms with van der Waals surface area (Å²) in [7, 11) is -2.05. The van der Waals surface area contributed by atoms with Gasteiger partial charge in [-0.1, -0.05) is 12.1 Å². The lowest BCUT2D eigenvalue weighted by atomic mass is 10.1. The number of sulfonamides is 1. The normalized spacial score (nSPS) is 11.3. The first-order valence-electron chi connectivity index (χ1n) is 5.92. The van der Waals surface area contributed by atoms with Crippen LogP contribution in [0.25, 0.3) is 0 Å². The van der Waals surface area contributed by atoms with Crippen LogP contribution in [0.1, 0.15) is 18.9 Å². The van der Waals surface area contributed by atoms with Crippen LogP contribution in [0.15, 0.2) is 29.2 Å². The molecular formula is C12H18N2O4S. The molecule has 0 aliphatic rings. The van der Waals surface area contributed by atoms with Crippen LogP contribution in [-0.4, -0.2) is 28.0 Å². The van der Waals surface area contributed by atoms with Crippen molar-refractivity contribution in [1.82, 2.24) is 10.2 Å². The molecule has 1 rings (SSSR count). The molecule has 0 aromatic heterocycles. The zero-order valence-corrected chi connectivity index (χ0v) is 11.8. The number of carbonyl (C=O) groups is 1. The Morgan fingerprint density at radius 3 is 2.42 bits per heavy atom. The van der Waals surface area contributed by atoms with Gasteiger partial charge in [-0.05, 0) is 38.1 Å². The largest absolute Gasteiger partial charge is 0.274 e. The summed E-state index contributed by atoms with van der Waals surface area (Å²) in [5.74, 6) is -0.200. The Hall–Kier alpha value is -1.44. The summed E-state index contributed by atoms with van der Waals surface area (Å²) in [5.41, 5.74) is 3.19. The highest BCUT2D eigenvalue weighted by atomic mass is 32.2. The maximum Gasteiger partial charge on any atom is 0.243 e. The molecule has 0 radical (unpaired) electrons. The van der Waals surface area contributed by atoms with Crippen molar-refractivity contribution in [2.24, 2.45) is 0 Å². The molecule has 106 valence electrons. The SMILES string of the molecule is CCONC(=O)CCc1ccc(S(=O)(=O)NC)cc1. The summed E-state index contributed by atoms with van der Waals surface area (Å²) in [4.78, 5) is 16.3. The molecule has 0 fully saturated rings. The lowest BCUT2D eigenvalue weighted by Gasteiger charge is -2.05. The van der Waals surface area contributed by atoms with Crippen molar-refractivity contribution in [1.29, 1.82) is 0 Å². The van der Waals surface area contributed by atoms with Gasteiger partial charge in [-0.15, -0.1) is 0 Å². The van der Waals surface area contributed by atoms with E-state index in [1.54, 1.807) is 19.1 Å². The first-order chi connectivity index (χ1) is 8.99. The third-order valence-corrected chi connectivity index (χ3v) is 3.90. The number of nitrogens with one attached hydrogen (secondary N) is 2. The minimum Gasteiger partial charge on any atom is -0.274 e. The van der Waals surface area contributed by atoms with Crippen molar-refractivity contribution in [3.05, 3.63) is 29.8 Å². The summed E-state index contributed by atoms with van der Waals surface area (Å²) in [6.45, 7) is 2.20. The highest BCUT2D eigenvalue weighted by Gasteiger charge is 2.10. The molecule has 1 aromatic carbocycles. The molecule has 0 bridgehead atoms. The molecule has 6 nitrogen and oxygen atoms in total. The van der Waals surface area contributed by atoms with E-state index in [1.807, 2.05) is 0 Å². The van der Waals surface area contributed by atoms with Gasteiger partial charge in [0, 0.05) is 6.42 Å². The zero-order chi connectivity index (χ0) is 14.3. The molecular weight excluding hydrogens is 268 g/mol. The number of amides is 1. The molecule has 0 heterocycles. The number of aryl methyl sites for hydroxylation is 1. The second kappa shape index (κ2) is 7.22. The van der Waals surface area contributed by atoms with Gasteiger partial charge in [0.05, 0.1) is 11.5 Å². The quantitative estimate of drug-likeness (QED) is 0.719. The predicted molar refractivity (Wildman–Crippen MR) is 70.8 cm³/mol. The smallest absolute Gasteiger partial charge is 0.243 e. The first-order valence-corrected chi connectivity index (χ1v) is 7.41. The number of carbonyl (C=O) groups excluding carboxylic acids is 1. The van der Waals surface area contributed by atoms with E-state index in [0.717, 1.165) is 5.56 Å². The van der Waals surface area contributed by atoms with Crippen LogP contribution in [0.3, 0.4) is 0 Å². The molecule has 0 aliphatic heterocycles. The third-order valence-electron chi connectivity index (χ3n) is 2.47. The molecule has 0 saturated heterocycles. The molecule has 0 unspecified atom stereocenters. The van der Waals surface area contributed by atoms with Gasteiger partial charge in [0.1, 0.15) is 0 Å². The maximum absolute atomic E-state index is 11.5. The van der Waals surface area contributed by atoms with Crippen molar-refractivity contribution < 1.29 is 18.0 Å². The lowest BCUT2D eigenvalue weighted by molar-refractivity contribution is -0.133. The van der Waals surface area contributed by atoms with E-state index >= 15 is 0 Å². The van der Waals surface area contributed by atoms with Gasteiger partial charge >= 0.3 is 0 Å². The van der Waals surface area contributed by atoms with E-state index in [4.69, 9.17) is 4.84 Å². The summed E-state index contributed by atoms with van der Waals surface area (Å²) in [5, 5.41) is 0. The standard InChI is InChI=1S/C12H18N2O4S/c1-3-18-14-12(15)9-6-10-4-7-11(8-5-10)19(16,17)13-2/h4-5,7-8,13H,3,6,9H2,1-2H3,(H,14,15). The van der Waals surface area contributed by atoms with Crippen molar-refractivity contribution in [3.8, 4) is 0 Å². The monoisotopic (exact) mass is 286 g/mol. The van der Waals surface area contributed by atoms with Gasteiger partial charge in [0.15, 0.2) is 0 Å². The Labute approximate surface area is 113 Å². The topological polar surface area (TPSA) is 84.5 Å². The van der Waals surface area contributed by atoms with Gasteiger partial charge in [-0.2, -0.15) is 0 Å². The van der Waals surface area contributed by atoms with Crippen LogP contribution in [0.2, 0.25) is 0 Å². The van der Waals surface area contributed by atoms with E-state index in [0.29, 0.717) is 13.0 Å². The second-order valence-electron chi connectivity index (χ2n) is 3.81. The lowest BCUT2D eigenvalue weighted by Crippen LogP contribution is -2.23. The molecule has 0 atom stereocenters.